The summed E-state index contributed by atoms with van der Waals surface area (Å²) in [6.07, 6.45) is 3.38. The van der Waals surface area contributed by atoms with Crippen LogP contribution in [-0.4, -0.2) is 37.8 Å². The van der Waals surface area contributed by atoms with E-state index in [4.69, 9.17) is 4.74 Å². The summed E-state index contributed by atoms with van der Waals surface area (Å²) < 4.78 is 5.20. The second-order valence-electron chi connectivity index (χ2n) is 4.16. The number of rotatable bonds is 8. The van der Waals surface area contributed by atoms with Gasteiger partial charge in [0.15, 0.2) is 0 Å². The monoisotopic (exact) mass is 219 g/mol. The summed E-state index contributed by atoms with van der Waals surface area (Å²) in [5.41, 5.74) is 0. The first-order chi connectivity index (χ1) is 6.61. The minimum atomic E-state index is 0.483. The van der Waals surface area contributed by atoms with Crippen molar-refractivity contribution in [1.29, 1.82) is 0 Å². The van der Waals surface area contributed by atoms with Gasteiger partial charge in [-0.05, 0) is 31.3 Å². The lowest BCUT2D eigenvalue weighted by atomic mass is 10.0. The highest BCUT2D eigenvalue weighted by molar-refractivity contribution is 7.98. The topological polar surface area (TPSA) is 21.3 Å². The van der Waals surface area contributed by atoms with Crippen LogP contribution in [0.4, 0.5) is 0 Å². The van der Waals surface area contributed by atoms with Crippen LogP contribution >= 0.6 is 11.8 Å². The van der Waals surface area contributed by atoms with E-state index in [-0.39, 0.29) is 0 Å². The quantitative estimate of drug-likeness (QED) is 0.677. The highest BCUT2D eigenvalue weighted by Crippen LogP contribution is 2.06. The van der Waals surface area contributed by atoms with Crippen LogP contribution in [0.3, 0.4) is 0 Å². The SMILES string of the molecule is COCC(NC(C)CCSC)C(C)C. The van der Waals surface area contributed by atoms with Gasteiger partial charge in [0, 0.05) is 19.2 Å². The van der Waals surface area contributed by atoms with Crippen LogP contribution in [0, 0.1) is 5.92 Å². The largest absolute Gasteiger partial charge is 0.383 e. The number of methoxy groups -OCH3 is 1. The van der Waals surface area contributed by atoms with Gasteiger partial charge >= 0.3 is 0 Å². The van der Waals surface area contributed by atoms with E-state index in [1.54, 1.807) is 7.11 Å². The lowest BCUT2D eigenvalue weighted by Crippen LogP contribution is -2.43. The summed E-state index contributed by atoms with van der Waals surface area (Å²) in [5, 5.41) is 3.61. The summed E-state index contributed by atoms with van der Waals surface area (Å²) in [6, 6.07) is 1.07. The van der Waals surface area contributed by atoms with Crippen molar-refractivity contribution in [3.63, 3.8) is 0 Å². The molecule has 0 rings (SSSR count). The van der Waals surface area contributed by atoms with E-state index in [1.165, 1.54) is 12.2 Å². The lowest BCUT2D eigenvalue weighted by Gasteiger charge is -2.25. The Hall–Kier alpha value is 0.270. The van der Waals surface area contributed by atoms with Crippen molar-refractivity contribution in [2.45, 2.75) is 39.3 Å². The van der Waals surface area contributed by atoms with Gasteiger partial charge in [-0.2, -0.15) is 11.8 Å². The maximum Gasteiger partial charge on any atom is 0.0618 e. The second-order valence-corrected chi connectivity index (χ2v) is 5.14. The predicted octanol–water partition coefficient (Wildman–Crippen LogP) is 2.39. The lowest BCUT2D eigenvalue weighted by molar-refractivity contribution is 0.141. The average molecular weight is 219 g/mol. The number of thioether (sulfide) groups is 1. The van der Waals surface area contributed by atoms with Gasteiger partial charge in [-0.1, -0.05) is 13.8 Å². The average Bonchev–Trinajstić information content (AvgIpc) is 2.14. The van der Waals surface area contributed by atoms with Crippen LogP contribution in [0.15, 0.2) is 0 Å². The number of ether oxygens (including phenoxy) is 1. The van der Waals surface area contributed by atoms with E-state index < -0.39 is 0 Å². The summed E-state index contributed by atoms with van der Waals surface area (Å²) in [6.45, 7) is 7.53. The Morgan fingerprint density at radius 2 is 1.93 bits per heavy atom. The van der Waals surface area contributed by atoms with E-state index in [0.717, 1.165) is 6.61 Å². The van der Waals surface area contributed by atoms with Gasteiger partial charge in [0.2, 0.25) is 0 Å². The second kappa shape index (κ2) is 8.57. The number of hydrogen-bond donors (Lipinski definition) is 1. The van der Waals surface area contributed by atoms with Crippen molar-refractivity contribution in [1.82, 2.24) is 5.32 Å². The van der Waals surface area contributed by atoms with E-state index in [0.29, 0.717) is 18.0 Å². The summed E-state index contributed by atoms with van der Waals surface area (Å²) in [4.78, 5) is 0. The highest BCUT2D eigenvalue weighted by Gasteiger charge is 2.14. The predicted molar refractivity (Wildman–Crippen MR) is 66.1 cm³/mol. The maximum atomic E-state index is 5.20. The van der Waals surface area contributed by atoms with Crippen molar-refractivity contribution >= 4 is 11.8 Å². The maximum absolute atomic E-state index is 5.20. The summed E-state index contributed by atoms with van der Waals surface area (Å²) >= 11 is 1.91. The zero-order chi connectivity index (χ0) is 11.0. The molecule has 0 saturated carbocycles. The molecule has 2 atom stereocenters. The van der Waals surface area contributed by atoms with Crippen molar-refractivity contribution in [2.24, 2.45) is 5.92 Å². The van der Waals surface area contributed by atoms with Crippen LogP contribution in [0.2, 0.25) is 0 Å². The molecule has 0 radical (unpaired) electrons. The fraction of sp³-hybridized carbons (Fsp3) is 1.00. The van der Waals surface area contributed by atoms with E-state index in [2.05, 4.69) is 32.3 Å². The molecular formula is C11H25NOS. The molecule has 0 aromatic heterocycles. The van der Waals surface area contributed by atoms with Gasteiger partial charge in [-0.15, -0.1) is 0 Å². The van der Waals surface area contributed by atoms with Gasteiger partial charge < -0.3 is 10.1 Å². The van der Waals surface area contributed by atoms with Crippen molar-refractivity contribution in [2.75, 3.05) is 25.7 Å². The Bertz CT molecular complexity index is 130. The molecule has 0 aliphatic heterocycles. The Morgan fingerprint density at radius 1 is 1.29 bits per heavy atom. The normalized spacial score (nSPS) is 15.9. The minimum Gasteiger partial charge on any atom is -0.383 e. The molecule has 2 nitrogen and oxygen atoms in total. The minimum absolute atomic E-state index is 0.483. The zero-order valence-corrected chi connectivity index (χ0v) is 11.0. The third-order valence-corrected chi connectivity index (χ3v) is 3.05. The number of nitrogens with one attached hydrogen (secondary N) is 1. The Kier molecular flexibility index (Phi) is 8.73. The molecule has 3 heteroatoms. The molecule has 0 saturated heterocycles. The van der Waals surface area contributed by atoms with Crippen LogP contribution < -0.4 is 5.32 Å². The van der Waals surface area contributed by atoms with Gasteiger partial charge in [-0.25, -0.2) is 0 Å². The van der Waals surface area contributed by atoms with Crippen molar-refractivity contribution < 1.29 is 4.74 Å². The smallest absolute Gasteiger partial charge is 0.0618 e. The van der Waals surface area contributed by atoms with Crippen molar-refractivity contribution in [3.05, 3.63) is 0 Å². The molecule has 0 aliphatic carbocycles. The van der Waals surface area contributed by atoms with Gasteiger partial charge in [0.05, 0.1) is 6.61 Å². The van der Waals surface area contributed by atoms with Crippen LogP contribution in [0.5, 0.6) is 0 Å². The molecule has 2 unspecified atom stereocenters. The Morgan fingerprint density at radius 3 is 2.36 bits per heavy atom. The third-order valence-electron chi connectivity index (χ3n) is 2.40. The molecule has 0 bridgehead atoms. The molecule has 0 aromatic carbocycles. The molecule has 1 N–H and O–H groups in total. The summed E-state index contributed by atoms with van der Waals surface area (Å²) in [5.74, 6) is 1.86. The van der Waals surface area contributed by atoms with Crippen LogP contribution in [0.25, 0.3) is 0 Å². The zero-order valence-electron chi connectivity index (χ0n) is 10.2. The van der Waals surface area contributed by atoms with Crippen molar-refractivity contribution in [3.8, 4) is 0 Å². The molecule has 0 aliphatic rings. The molecular weight excluding hydrogens is 194 g/mol. The summed E-state index contributed by atoms with van der Waals surface area (Å²) in [7, 11) is 1.77. The molecule has 0 fully saturated rings. The molecule has 14 heavy (non-hydrogen) atoms. The Balaban J connectivity index is 3.77. The highest BCUT2D eigenvalue weighted by atomic mass is 32.2. The molecule has 86 valence electrons. The van der Waals surface area contributed by atoms with Gasteiger partial charge in [-0.3, -0.25) is 0 Å². The third kappa shape index (κ3) is 6.68. The van der Waals surface area contributed by atoms with Gasteiger partial charge in [0.25, 0.3) is 0 Å². The van der Waals surface area contributed by atoms with E-state index in [9.17, 15) is 0 Å². The first-order valence-corrected chi connectivity index (χ1v) is 6.75. The first-order valence-electron chi connectivity index (χ1n) is 5.35. The van der Waals surface area contributed by atoms with Crippen LogP contribution in [-0.2, 0) is 4.74 Å². The Labute approximate surface area is 93.2 Å². The standard InChI is InChI=1S/C11H25NOS/c1-9(2)11(8-13-4)12-10(3)6-7-14-5/h9-12H,6-8H2,1-5H3. The number of hydrogen-bond acceptors (Lipinski definition) is 3. The molecule has 0 amide bonds. The first kappa shape index (κ1) is 14.3. The van der Waals surface area contributed by atoms with E-state index in [1.807, 2.05) is 11.8 Å². The fourth-order valence-electron chi connectivity index (χ4n) is 1.36. The molecule has 0 spiro atoms. The van der Waals surface area contributed by atoms with E-state index >= 15 is 0 Å². The molecule has 0 aromatic rings. The van der Waals surface area contributed by atoms with Crippen LogP contribution in [0.1, 0.15) is 27.2 Å². The molecule has 0 heterocycles. The fourth-order valence-corrected chi connectivity index (χ4v) is 1.95. The van der Waals surface area contributed by atoms with Gasteiger partial charge in [0.1, 0.15) is 0 Å².